The van der Waals surface area contributed by atoms with Crippen LogP contribution in [0, 0.1) is 5.82 Å². The smallest absolute Gasteiger partial charge is 0.416 e. The highest BCUT2D eigenvalue weighted by Crippen LogP contribution is 2.35. The largest absolute Gasteiger partial charge is 0.453 e. The van der Waals surface area contributed by atoms with Gasteiger partial charge in [0.2, 0.25) is 5.91 Å². The zero-order chi connectivity index (χ0) is 30.1. The number of amides is 1. The molecule has 11 heteroatoms. The fourth-order valence-electron chi connectivity index (χ4n) is 5.92. The molecule has 0 bridgehead atoms. The first-order chi connectivity index (χ1) is 20.7. The molecule has 0 radical (unpaired) electrons. The van der Waals surface area contributed by atoms with E-state index in [2.05, 4.69) is 21.8 Å². The Morgan fingerprint density at radius 2 is 1.77 bits per heavy atom. The molecular weight excluding hydrogens is 562 g/mol. The third-order valence-electron chi connectivity index (χ3n) is 8.40. The summed E-state index contributed by atoms with van der Waals surface area (Å²) in [6, 6.07) is 10.7. The number of alkyl halides is 3. The molecule has 6 rings (SSSR count). The van der Waals surface area contributed by atoms with Crippen LogP contribution >= 0.6 is 0 Å². The number of pyridine rings is 1. The van der Waals surface area contributed by atoms with E-state index in [1.54, 1.807) is 41.6 Å². The van der Waals surface area contributed by atoms with Gasteiger partial charge in [-0.2, -0.15) is 13.2 Å². The van der Waals surface area contributed by atoms with Crippen molar-refractivity contribution >= 4 is 16.9 Å². The topological polar surface area (TPSA) is 64.7 Å². The van der Waals surface area contributed by atoms with Crippen molar-refractivity contribution in [2.45, 2.75) is 39.0 Å². The van der Waals surface area contributed by atoms with Crippen LogP contribution in [0.25, 0.3) is 11.0 Å². The fraction of sp³-hybridized carbons (Fsp3) is 0.375. The number of aromatic amines is 1. The maximum Gasteiger partial charge on any atom is 0.416 e. The zero-order valence-corrected chi connectivity index (χ0v) is 23.9. The Balaban J connectivity index is 1.15. The number of fused-ring (bicyclic) bond motifs is 2. The molecule has 1 saturated heterocycles. The quantitative estimate of drug-likeness (QED) is 0.275. The predicted molar refractivity (Wildman–Crippen MR) is 154 cm³/mol. The molecule has 2 aliphatic rings. The first-order valence-corrected chi connectivity index (χ1v) is 14.5. The number of H-pyrrole nitrogens is 1. The maximum atomic E-state index is 15.0. The molecule has 4 aromatic rings. The summed E-state index contributed by atoms with van der Waals surface area (Å²) in [6.45, 7) is 6.92. The molecule has 2 aliphatic heterocycles. The Bertz CT molecular complexity index is 1630. The standard InChI is InChI=1S/C32H33F4N5O2/c1-2-39-11-13-40(14-12-39)19-23-4-3-21(15-26(23)32(34,35)36)16-30(42)41-10-7-22-17-27(33)29(18-24(22)20-41)43-28-6-9-38-31-25(28)5-8-37-31/h3-6,8-9,15,17-18H,2,7,10-14,16,19-20H2,1H3,(H,37,38). The van der Waals surface area contributed by atoms with Gasteiger partial charge in [-0.25, -0.2) is 9.37 Å². The number of ether oxygens (including phenoxy) is 1. The second-order valence-electron chi connectivity index (χ2n) is 11.1. The molecule has 7 nitrogen and oxygen atoms in total. The molecule has 2 aromatic carbocycles. The summed E-state index contributed by atoms with van der Waals surface area (Å²) in [4.78, 5) is 26.4. The summed E-state index contributed by atoms with van der Waals surface area (Å²) >= 11 is 0. The highest BCUT2D eigenvalue weighted by atomic mass is 19.4. The van der Waals surface area contributed by atoms with Gasteiger partial charge in [0, 0.05) is 58.2 Å². The van der Waals surface area contributed by atoms with Crippen LogP contribution in [0.5, 0.6) is 11.5 Å². The number of nitrogens with zero attached hydrogens (tertiary/aromatic N) is 4. The molecule has 4 heterocycles. The summed E-state index contributed by atoms with van der Waals surface area (Å²) in [5, 5.41) is 0.708. The van der Waals surface area contributed by atoms with Crippen molar-refractivity contribution in [2.75, 3.05) is 39.3 Å². The van der Waals surface area contributed by atoms with Gasteiger partial charge in [0.15, 0.2) is 11.6 Å². The van der Waals surface area contributed by atoms with Crippen LogP contribution < -0.4 is 4.74 Å². The summed E-state index contributed by atoms with van der Waals surface area (Å²) in [5.74, 6) is -0.313. The van der Waals surface area contributed by atoms with E-state index in [0.717, 1.165) is 49.9 Å². The van der Waals surface area contributed by atoms with E-state index in [9.17, 15) is 22.4 Å². The van der Waals surface area contributed by atoms with Gasteiger partial charge in [0.25, 0.3) is 0 Å². The number of halogens is 4. The third-order valence-corrected chi connectivity index (χ3v) is 8.40. The third kappa shape index (κ3) is 6.37. The van der Waals surface area contributed by atoms with E-state index >= 15 is 0 Å². The zero-order valence-electron chi connectivity index (χ0n) is 23.9. The van der Waals surface area contributed by atoms with Crippen molar-refractivity contribution in [2.24, 2.45) is 0 Å². The van der Waals surface area contributed by atoms with Gasteiger partial charge < -0.3 is 19.5 Å². The van der Waals surface area contributed by atoms with Gasteiger partial charge in [0.1, 0.15) is 11.4 Å². The minimum Gasteiger partial charge on any atom is -0.453 e. The second kappa shape index (κ2) is 12.0. The van der Waals surface area contributed by atoms with Crippen LogP contribution in [0.2, 0.25) is 0 Å². The van der Waals surface area contributed by atoms with E-state index in [1.165, 1.54) is 12.1 Å². The minimum atomic E-state index is -4.52. The fourth-order valence-corrected chi connectivity index (χ4v) is 5.92. The summed E-state index contributed by atoms with van der Waals surface area (Å²) in [7, 11) is 0. The Morgan fingerprint density at radius 3 is 2.53 bits per heavy atom. The monoisotopic (exact) mass is 595 g/mol. The van der Waals surface area contributed by atoms with Gasteiger partial charge in [-0.15, -0.1) is 0 Å². The Hall–Kier alpha value is -3.96. The van der Waals surface area contributed by atoms with E-state index in [-0.39, 0.29) is 36.7 Å². The van der Waals surface area contributed by atoms with Gasteiger partial charge in [-0.1, -0.05) is 19.1 Å². The summed E-state index contributed by atoms with van der Waals surface area (Å²) in [6.07, 6.45) is -0.953. The molecular formula is C32H33F4N5O2. The molecule has 1 fully saturated rings. The molecule has 1 amide bonds. The normalized spacial score (nSPS) is 16.4. The number of hydrogen-bond donors (Lipinski definition) is 1. The lowest BCUT2D eigenvalue weighted by Crippen LogP contribution is -2.45. The van der Waals surface area contributed by atoms with Crippen molar-refractivity contribution in [1.29, 1.82) is 0 Å². The Labute approximate surface area is 247 Å². The summed E-state index contributed by atoms with van der Waals surface area (Å²) in [5.41, 5.74) is 1.98. The number of benzene rings is 2. The number of hydrogen-bond acceptors (Lipinski definition) is 5. The number of rotatable bonds is 7. The van der Waals surface area contributed by atoms with Crippen molar-refractivity contribution in [3.63, 3.8) is 0 Å². The van der Waals surface area contributed by atoms with E-state index in [0.29, 0.717) is 35.3 Å². The van der Waals surface area contributed by atoms with Crippen LogP contribution in [0.15, 0.2) is 54.9 Å². The van der Waals surface area contributed by atoms with Gasteiger partial charge in [0.05, 0.1) is 17.4 Å². The predicted octanol–water partition coefficient (Wildman–Crippen LogP) is 5.78. The van der Waals surface area contributed by atoms with Crippen molar-refractivity contribution in [3.8, 4) is 11.5 Å². The number of nitrogens with one attached hydrogen (secondary N) is 1. The average molecular weight is 596 g/mol. The van der Waals surface area contributed by atoms with Crippen LogP contribution in [0.1, 0.15) is 34.7 Å². The Morgan fingerprint density at radius 1 is 0.977 bits per heavy atom. The number of piperazine rings is 1. The van der Waals surface area contributed by atoms with Crippen molar-refractivity contribution in [3.05, 3.63) is 88.5 Å². The highest BCUT2D eigenvalue weighted by molar-refractivity contribution is 5.82. The molecule has 0 unspecified atom stereocenters. The first kappa shape index (κ1) is 29.1. The lowest BCUT2D eigenvalue weighted by atomic mass is 9.97. The molecule has 226 valence electrons. The van der Waals surface area contributed by atoms with Crippen LogP contribution in [-0.4, -0.2) is 69.8 Å². The molecule has 0 atom stereocenters. The lowest BCUT2D eigenvalue weighted by Gasteiger charge is -2.34. The molecule has 2 aromatic heterocycles. The molecule has 43 heavy (non-hydrogen) atoms. The van der Waals surface area contributed by atoms with Crippen molar-refractivity contribution in [1.82, 2.24) is 24.7 Å². The number of carbonyl (C=O) groups is 1. The first-order valence-electron chi connectivity index (χ1n) is 14.5. The Kier molecular flexibility index (Phi) is 8.11. The van der Waals surface area contributed by atoms with Crippen LogP contribution in [0.4, 0.5) is 17.6 Å². The molecule has 1 N–H and O–H groups in total. The lowest BCUT2D eigenvalue weighted by molar-refractivity contribution is -0.138. The van der Waals surface area contributed by atoms with E-state index in [1.807, 2.05) is 4.90 Å². The van der Waals surface area contributed by atoms with Crippen LogP contribution in [0.3, 0.4) is 0 Å². The van der Waals surface area contributed by atoms with E-state index < -0.39 is 17.6 Å². The number of likely N-dealkylation sites (N-methyl/N-ethyl adjacent to an activating group) is 1. The van der Waals surface area contributed by atoms with Gasteiger partial charge in [-0.3, -0.25) is 9.69 Å². The summed E-state index contributed by atoms with van der Waals surface area (Å²) < 4.78 is 63.1. The molecule has 0 spiro atoms. The average Bonchev–Trinajstić information content (AvgIpc) is 3.48. The highest BCUT2D eigenvalue weighted by Gasteiger charge is 2.34. The van der Waals surface area contributed by atoms with E-state index in [4.69, 9.17) is 4.74 Å². The maximum absolute atomic E-state index is 15.0. The SMILES string of the molecule is CCN1CCN(Cc2ccc(CC(=O)N3CCc4cc(F)c(Oc5ccnc6[nH]ccc56)cc4C3)cc2C(F)(F)F)CC1. The molecule has 0 aliphatic carbocycles. The van der Waals surface area contributed by atoms with Gasteiger partial charge in [-0.05, 0) is 65.6 Å². The van der Waals surface area contributed by atoms with Crippen LogP contribution in [-0.2, 0) is 36.9 Å². The number of carbonyl (C=O) groups excluding carboxylic acids is 1. The minimum absolute atomic E-state index is 0.0308. The van der Waals surface area contributed by atoms with Crippen molar-refractivity contribution < 1.29 is 27.1 Å². The second-order valence-corrected chi connectivity index (χ2v) is 11.1. The van der Waals surface area contributed by atoms with Gasteiger partial charge >= 0.3 is 6.18 Å². The molecule has 0 saturated carbocycles. The number of aromatic nitrogens is 2.